The van der Waals surface area contributed by atoms with Crippen LogP contribution in [0.15, 0.2) is 0 Å². The van der Waals surface area contributed by atoms with E-state index in [9.17, 15) is 35.2 Å². The Hall–Kier alpha value is -0.970. The molecule has 2 atom stereocenters. The van der Waals surface area contributed by atoms with Crippen LogP contribution in [0.25, 0.3) is 0 Å². The summed E-state index contributed by atoms with van der Waals surface area (Å²) in [6, 6.07) is 0. The molecule has 0 radical (unpaired) electrons. The molecule has 0 aromatic rings. The first kappa shape index (κ1) is 25.0. The molecule has 0 aliphatic rings. The van der Waals surface area contributed by atoms with Crippen LogP contribution in [-0.2, 0) is 19.6 Å². The van der Waals surface area contributed by atoms with Crippen LogP contribution in [0.1, 0.15) is 54.9 Å². The zero-order valence-corrected chi connectivity index (χ0v) is 16.5. The van der Waals surface area contributed by atoms with E-state index in [1.165, 1.54) is 27.7 Å². The second-order valence-electron chi connectivity index (χ2n) is 8.68. The number of halogens is 5. The number of rotatable bonds is 5. The zero-order chi connectivity index (χ0) is 21.6. The summed E-state index contributed by atoms with van der Waals surface area (Å²) in [7, 11) is -6.48. The minimum Gasteiger partial charge on any atom is -0.444 e. The fourth-order valence-electron chi connectivity index (χ4n) is 2.40. The Balaban J connectivity index is 6.17. The van der Waals surface area contributed by atoms with Crippen molar-refractivity contribution in [2.75, 3.05) is 0 Å². The molecule has 2 unspecified atom stereocenters. The second kappa shape index (κ2) is 6.88. The number of carbonyl (C=O) groups excluding carboxylic acids is 1. The molecule has 0 aliphatic carbocycles. The third-order valence-corrected chi connectivity index (χ3v) is 5.06. The minimum atomic E-state index is -6.48. The largest absolute Gasteiger partial charge is 0.444 e. The molecule has 0 aliphatic heterocycles. The lowest BCUT2D eigenvalue weighted by Crippen LogP contribution is -2.55. The lowest BCUT2D eigenvalue weighted by Gasteiger charge is -2.44. The average Bonchev–Trinajstić information content (AvgIpc) is 2.28. The predicted molar refractivity (Wildman–Crippen MR) is 84.1 cm³/mol. The van der Waals surface area contributed by atoms with Crippen molar-refractivity contribution in [2.45, 2.75) is 72.4 Å². The summed E-state index contributed by atoms with van der Waals surface area (Å²) in [5.41, 5.74) is -3.23. The highest BCUT2D eigenvalue weighted by molar-refractivity contribution is 7.86. The highest BCUT2D eigenvalue weighted by Gasteiger charge is 2.67. The van der Waals surface area contributed by atoms with Gasteiger partial charge in [0.15, 0.2) is 0 Å². The number of hydrogen-bond donors (Lipinski definition) is 1. The number of alkyl halides is 5. The third-order valence-electron chi connectivity index (χ3n) is 4.16. The van der Waals surface area contributed by atoms with Gasteiger partial charge in [0.1, 0.15) is 0 Å². The van der Waals surface area contributed by atoms with Crippen LogP contribution < -0.4 is 0 Å². The summed E-state index contributed by atoms with van der Waals surface area (Å²) in [5, 5.41) is -5.75. The van der Waals surface area contributed by atoms with Gasteiger partial charge in [0, 0.05) is 0 Å². The Morgan fingerprint density at radius 2 is 1.35 bits per heavy atom. The van der Waals surface area contributed by atoms with E-state index in [0.29, 0.717) is 0 Å². The Morgan fingerprint density at radius 1 is 0.962 bits per heavy atom. The zero-order valence-electron chi connectivity index (χ0n) is 15.7. The maximum atomic E-state index is 13.6. The molecule has 5 nitrogen and oxygen atoms in total. The van der Waals surface area contributed by atoms with Gasteiger partial charge in [0.05, 0.1) is 5.41 Å². The van der Waals surface area contributed by atoms with E-state index < -0.39 is 49.9 Å². The molecular weight excluding hydrogens is 387 g/mol. The minimum absolute atomic E-state index is 0.0235. The van der Waals surface area contributed by atoms with E-state index in [1.807, 2.05) is 0 Å². The normalized spacial score (nSPS) is 18.2. The monoisotopic (exact) mass is 412 g/mol. The molecule has 0 saturated carbocycles. The molecule has 1 N–H and O–H groups in total. The van der Waals surface area contributed by atoms with Gasteiger partial charge in [-0.05, 0) is 24.2 Å². The third kappa shape index (κ3) is 5.51. The van der Waals surface area contributed by atoms with Gasteiger partial charge in [0.25, 0.3) is 6.10 Å². The van der Waals surface area contributed by atoms with Crippen LogP contribution in [0.2, 0.25) is 0 Å². The van der Waals surface area contributed by atoms with Crippen molar-refractivity contribution in [1.82, 2.24) is 0 Å². The molecule has 11 heteroatoms. The van der Waals surface area contributed by atoms with Gasteiger partial charge in [-0.25, -0.2) is 0 Å². The van der Waals surface area contributed by atoms with Crippen molar-refractivity contribution in [3.63, 3.8) is 0 Å². The first-order valence-electron chi connectivity index (χ1n) is 7.59. The summed E-state index contributed by atoms with van der Waals surface area (Å²) in [5.74, 6) is -1.63. The molecule has 0 rings (SSSR count). The quantitative estimate of drug-likeness (QED) is 0.411. The Morgan fingerprint density at radius 3 is 1.58 bits per heavy atom. The number of hydrogen-bond acceptors (Lipinski definition) is 4. The van der Waals surface area contributed by atoms with E-state index in [2.05, 4.69) is 4.74 Å². The molecule has 0 aromatic heterocycles. The summed E-state index contributed by atoms with van der Waals surface area (Å²) in [6.45, 7) is 10.9. The SMILES string of the molecule is CC(C)(C)CC(C)(C(=O)OC(C(F)(F)F)C(F)(F)S(=O)(=O)O)C(C)(C)C. The first-order chi connectivity index (χ1) is 11.0. The molecule has 0 amide bonds. The van der Waals surface area contributed by atoms with E-state index in [-0.39, 0.29) is 6.42 Å². The molecule has 0 saturated heterocycles. The number of carbonyl (C=O) groups is 1. The first-order valence-corrected chi connectivity index (χ1v) is 9.03. The molecule has 0 aromatic carbocycles. The van der Waals surface area contributed by atoms with Crippen molar-refractivity contribution in [3.05, 3.63) is 0 Å². The van der Waals surface area contributed by atoms with Crippen LogP contribution in [0, 0.1) is 16.2 Å². The van der Waals surface area contributed by atoms with Crippen LogP contribution in [0.4, 0.5) is 22.0 Å². The smallest absolute Gasteiger partial charge is 0.432 e. The van der Waals surface area contributed by atoms with Gasteiger partial charge in [-0.1, -0.05) is 41.5 Å². The Labute approximate surface area is 150 Å². The van der Waals surface area contributed by atoms with Gasteiger partial charge < -0.3 is 4.74 Å². The Kier molecular flexibility index (Phi) is 6.63. The molecular formula is C15H25F5O5S. The maximum absolute atomic E-state index is 13.6. The van der Waals surface area contributed by atoms with Gasteiger partial charge >= 0.3 is 27.5 Å². The van der Waals surface area contributed by atoms with Crippen LogP contribution in [0.3, 0.4) is 0 Å². The summed E-state index contributed by atoms with van der Waals surface area (Å²) in [4.78, 5) is 12.5. The molecule has 156 valence electrons. The van der Waals surface area contributed by atoms with Crippen LogP contribution in [-0.4, -0.2) is 36.5 Å². The highest BCUT2D eigenvalue weighted by atomic mass is 32.2. The van der Waals surface area contributed by atoms with E-state index in [0.717, 1.165) is 0 Å². The van der Waals surface area contributed by atoms with E-state index >= 15 is 0 Å². The Bertz CT molecular complexity index is 628. The highest BCUT2D eigenvalue weighted by Crippen LogP contribution is 2.49. The van der Waals surface area contributed by atoms with Gasteiger partial charge in [-0.3, -0.25) is 9.35 Å². The molecule has 0 bridgehead atoms. The topological polar surface area (TPSA) is 80.7 Å². The van der Waals surface area contributed by atoms with Crippen LogP contribution >= 0.6 is 0 Å². The summed E-state index contributed by atoms with van der Waals surface area (Å²) >= 11 is 0. The van der Waals surface area contributed by atoms with Crippen molar-refractivity contribution >= 4 is 16.1 Å². The van der Waals surface area contributed by atoms with Crippen molar-refractivity contribution in [1.29, 1.82) is 0 Å². The predicted octanol–water partition coefficient (Wildman–Crippen LogP) is 4.43. The van der Waals surface area contributed by atoms with Crippen molar-refractivity contribution < 1.29 is 44.5 Å². The molecule has 26 heavy (non-hydrogen) atoms. The lowest BCUT2D eigenvalue weighted by atomic mass is 9.61. The second-order valence-corrected chi connectivity index (χ2v) is 10.2. The molecule has 0 fully saturated rings. The van der Waals surface area contributed by atoms with Crippen LogP contribution in [0.5, 0.6) is 0 Å². The summed E-state index contributed by atoms with van der Waals surface area (Å²) in [6.07, 6.45) is -10.3. The molecule has 0 spiro atoms. The number of ether oxygens (including phenoxy) is 1. The van der Waals surface area contributed by atoms with Gasteiger partial charge in [-0.15, -0.1) is 0 Å². The van der Waals surface area contributed by atoms with Gasteiger partial charge in [0.2, 0.25) is 0 Å². The van der Waals surface area contributed by atoms with E-state index in [4.69, 9.17) is 4.55 Å². The standard InChI is InChI=1S/C15H25F5O5S/c1-11(2,3)8-13(7,12(4,5)6)10(21)25-9(14(16,17)18)15(19,20)26(22,23)24/h9H,8H2,1-7H3,(H,22,23,24). The van der Waals surface area contributed by atoms with Gasteiger partial charge in [-0.2, -0.15) is 30.4 Å². The number of esters is 1. The van der Waals surface area contributed by atoms with Crippen molar-refractivity contribution in [3.8, 4) is 0 Å². The lowest BCUT2D eigenvalue weighted by molar-refractivity contribution is -0.265. The maximum Gasteiger partial charge on any atom is 0.432 e. The summed E-state index contributed by atoms with van der Waals surface area (Å²) < 4.78 is 100. The van der Waals surface area contributed by atoms with E-state index in [1.54, 1.807) is 20.8 Å². The van der Waals surface area contributed by atoms with Crippen molar-refractivity contribution in [2.24, 2.45) is 16.2 Å². The fraction of sp³-hybridized carbons (Fsp3) is 0.933. The fourth-order valence-corrected chi connectivity index (χ4v) is 2.85. The molecule has 0 heterocycles. The average molecular weight is 412 g/mol.